The van der Waals surface area contributed by atoms with Gasteiger partial charge in [-0.15, -0.1) is 11.8 Å². The van der Waals surface area contributed by atoms with E-state index < -0.39 is 0 Å². The van der Waals surface area contributed by atoms with E-state index in [1.54, 1.807) is 18.0 Å². The second kappa shape index (κ2) is 3.41. The van der Waals surface area contributed by atoms with Crippen LogP contribution in [0.15, 0.2) is 28.2 Å². The highest BCUT2D eigenvalue weighted by molar-refractivity contribution is 8.01. The molecule has 1 nitrogen and oxygen atoms in total. The topological polar surface area (TPSA) is 13.1 Å². The lowest BCUT2D eigenvalue weighted by Gasteiger charge is -1.79. The summed E-state index contributed by atoms with van der Waals surface area (Å²) in [5, 5.41) is 1.98. The van der Waals surface area contributed by atoms with Gasteiger partial charge in [0, 0.05) is 0 Å². The van der Waals surface area contributed by atoms with Crippen LogP contribution in [0, 0.1) is 0 Å². The van der Waals surface area contributed by atoms with Crippen LogP contribution in [0.3, 0.4) is 0 Å². The van der Waals surface area contributed by atoms with E-state index in [1.807, 2.05) is 29.9 Å². The van der Waals surface area contributed by atoms with Gasteiger partial charge in [0.15, 0.2) is 0 Å². The van der Waals surface area contributed by atoms with Crippen molar-refractivity contribution in [1.29, 1.82) is 0 Å². The molecule has 0 saturated carbocycles. The SMILES string of the molecule is CS/C=C/c1ccco1. The van der Waals surface area contributed by atoms with Crippen LogP contribution in [0.2, 0.25) is 0 Å². The molecule has 0 aliphatic heterocycles. The van der Waals surface area contributed by atoms with Crippen molar-refractivity contribution < 1.29 is 4.42 Å². The summed E-state index contributed by atoms with van der Waals surface area (Å²) in [6.07, 6.45) is 5.62. The van der Waals surface area contributed by atoms with Crippen molar-refractivity contribution in [2.75, 3.05) is 6.26 Å². The monoisotopic (exact) mass is 140 g/mol. The summed E-state index contributed by atoms with van der Waals surface area (Å²) in [6.45, 7) is 0. The first-order valence-corrected chi connectivity index (χ1v) is 3.95. The fourth-order valence-electron chi connectivity index (χ4n) is 0.521. The van der Waals surface area contributed by atoms with Crippen molar-refractivity contribution in [1.82, 2.24) is 0 Å². The predicted molar refractivity (Wildman–Crippen MR) is 41.3 cm³/mol. The molecule has 2 heteroatoms. The van der Waals surface area contributed by atoms with E-state index in [4.69, 9.17) is 4.42 Å². The third-order valence-electron chi connectivity index (χ3n) is 0.912. The zero-order valence-corrected chi connectivity index (χ0v) is 6.02. The average Bonchev–Trinajstić information content (AvgIpc) is 2.34. The highest BCUT2D eigenvalue weighted by Gasteiger charge is 1.83. The van der Waals surface area contributed by atoms with Gasteiger partial charge < -0.3 is 4.42 Å². The summed E-state index contributed by atoms with van der Waals surface area (Å²) in [5.41, 5.74) is 0. The molecule has 0 aliphatic carbocycles. The van der Waals surface area contributed by atoms with Crippen molar-refractivity contribution in [2.45, 2.75) is 0 Å². The summed E-state index contributed by atoms with van der Waals surface area (Å²) in [6, 6.07) is 3.80. The van der Waals surface area contributed by atoms with Gasteiger partial charge >= 0.3 is 0 Å². The van der Waals surface area contributed by atoms with Crippen LogP contribution in [0.4, 0.5) is 0 Å². The van der Waals surface area contributed by atoms with Crippen LogP contribution in [0.25, 0.3) is 6.08 Å². The Labute approximate surface area is 58.8 Å². The zero-order valence-electron chi connectivity index (χ0n) is 5.20. The van der Waals surface area contributed by atoms with Crippen LogP contribution in [-0.2, 0) is 0 Å². The van der Waals surface area contributed by atoms with E-state index in [9.17, 15) is 0 Å². The molecule has 0 aliphatic rings. The molecule has 0 unspecified atom stereocenters. The van der Waals surface area contributed by atoms with E-state index in [1.165, 1.54) is 0 Å². The van der Waals surface area contributed by atoms with E-state index in [-0.39, 0.29) is 0 Å². The molecule has 0 saturated heterocycles. The first-order chi connectivity index (χ1) is 4.43. The second-order valence-corrected chi connectivity index (χ2v) is 2.30. The Kier molecular flexibility index (Phi) is 2.46. The number of hydrogen-bond acceptors (Lipinski definition) is 2. The molecule has 0 amide bonds. The molecular formula is C7H8OS. The van der Waals surface area contributed by atoms with Gasteiger partial charge in [-0.05, 0) is 29.9 Å². The van der Waals surface area contributed by atoms with Crippen molar-refractivity contribution in [3.63, 3.8) is 0 Å². The standard InChI is InChI=1S/C7H8OS/c1-9-6-4-7-3-2-5-8-7/h2-6H,1H3/b6-4+. The largest absolute Gasteiger partial charge is 0.465 e. The fourth-order valence-corrected chi connectivity index (χ4v) is 0.791. The van der Waals surface area contributed by atoms with E-state index >= 15 is 0 Å². The first-order valence-electron chi connectivity index (χ1n) is 2.66. The van der Waals surface area contributed by atoms with Crippen LogP contribution in [0.1, 0.15) is 5.76 Å². The van der Waals surface area contributed by atoms with Gasteiger partial charge in [-0.2, -0.15) is 0 Å². The lowest BCUT2D eigenvalue weighted by atomic mass is 10.5. The Morgan fingerprint density at radius 2 is 2.56 bits per heavy atom. The molecular weight excluding hydrogens is 132 g/mol. The molecule has 0 fully saturated rings. The van der Waals surface area contributed by atoms with E-state index in [2.05, 4.69) is 0 Å². The predicted octanol–water partition coefficient (Wildman–Crippen LogP) is 2.61. The molecule has 0 radical (unpaired) electrons. The van der Waals surface area contributed by atoms with Gasteiger partial charge in [0.25, 0.3) is 0 Å². The molecule has 0 aromatic carbocycles. The van der Waals surface area contributed by atoms with Gasteiger partial charge in [0.1, 0.15) is 5.76 Å². The molecule has 1 heterocycles. The Hall–Kier alpha value is -0.630. The number of furan rings is 1. The summed E-state index contributed by atoms with van der Waals surface area (Å²) in [7, 11) is 0. The van der Waals surface area contributed by atoms with Crippen molar-refractivity contribution in [3.8, 4) is 0 Å². The van der Waals surface area contributed by atoms with E-state index in [0.29, 0.717) is 0 Å². The molecule has 0 N–H and O–H groups in total. The molecule has 0 bridgehead atoms. The number of thioether (sulfide) groups is 1. The van der Waals surface area contributed by atoms with Crippen LogP contribution >= 0.6 is 11.8 Å². The van der Waals surface area contributed by atoms with Gasteiger partial charge in [-0.3, -0.25) is 0 Å². The normalized spacial score (nSPS) is 10.8. The Bertz CT molecular complexity index is 177. The van der Waals surface area contributed by atoms with Crippen LogP contribution in [-0.4, -0.2) is 6.26 Å². The van der Waals surface area contributed by atoms with Crippen molar-refractivity contribution in [2.24, 2.45) is 0 Å². The minimum atomic E-state index is 0.907. The summed E-state index contributed by atoms with van der Waals surface area (Å²) in [4.78, 5) is 0. The zero-order chi connectivity index (χ0) is 6.53. The maximum absolute atomic E-state index is 5.04. The van der Waals surface area contributed by atoms with Crippen molar-refractivity contribution >= 4 is 17.8 Å². The fraction of sp³-hybridized carbons (Fsp3) is 0.143. The first kappa shape index (κ1) is 6.49. The van der Waals surface area contributed by atoms with Gasteiger partial charge in [-0.25, -0.2) is 0 Å². The average molecular weight is 140 g/mol. The number of rotatable bonds is 2. The minimum Gasteiger partial charge on any atom is -0.465 e. The molecule has 0 spiro atoms. The quantitative estimate of drug-likeness (QED) is 0.626. The molecule has 0 atom stereocenters. The summed E-state index contributed by atoms with van der Waals surface area (Å²) in [5.74, 6) is 0.907. The lowest BCUT2D eigenvalue weighted by Crippen LogP contribution is -1.55. The van der Waals surface area contributed by atoms with Crippen molar-refractivity contribution in [3.05, 3.63) is 29.6 Å². The Morgan fingerprint density at radius 1 is 1.67 bits per heavy atom. The maximum Gasteiger partial charge on any atom is 0.127 e. The van der Waals surface area contributed by atoms with Gasteiger partial charge in [-0.1, -0.05) is 0 Å². The summed E-state index contributed by atoms with van der Waals surface area (Å²) >= 11 is 1.66. The number of hydrogen-bond donors (Lipinski definition) is 0. The molecule has 1 rings (SSSR count). The van der Waals surface area contributed by atoms with Gasteiger partial charge in [0.05, 0.1) is 6.26 Å². The molecule has 1 aromatic heterocycles. The Balaban J connectivity index is 2.57. The molecule has 9 heavy (non-hydrogen) atoms. The summed E-state index contributed by atoms with van der Waals surface area (Å²) < 4.78 is 5.04. The highest BCUT2D eigenvalue weighted by Crippen LogP contribution is 2.05. The molecule has 1 aromatic rings. The highest BCUT2D eigenvalue weighted by atomic mass is 32.2. The second-order valence-electron chi connectivity index (χ2n) is 1.55. The third-order valence-corrected chi connectivity index (χ3v) is 1.32. The van der Waals surface area contributed by atoms with Gasteiger partial charge in [0.2, 0.25) is 0 Å². The maximum atomic E-state index is 5.04. The molecule has 48 valence electrons. The van der Waals surface area contributed by atoms with Crippen LogP contribution < -0.4 is 0 Å². The lowest BCUT2D eigenvalue weighted by molar-refractivity contribution is 0.557. The van der Waals surface area contributed by atoms with E-state index in [0.717, 1.165) is 5.76 Å². The third kappa shape index (κ3) is 1.98. The van der Waals surface area contributed by atoms with Crippen LogP contribution in [0.5, 0.6) is 0 Å². The smallest absolute Gasteiger partial charge is 0.127 e. The Morgan fingerprint density at radius 3 is 3.11 bits per heavy atom. The minimum absolute atomic E-state index is 0.907.